The first kappa shape index (κ1) is 16.2. The second kappa shape index (κ2) is 7.75. The Morgan fingerprint density at radius 2 is 2.19 bits per heavy atom. The lowest BCUT2D eigenvalue weighted by molar-refractivity contribution is 0.188. The van der Waals surface area contributed by atoms with Crippen LogP contribution in [0.5, 0.6) is 0 Å². The van der Waals surface area contributed by atoms with E-state index in [1.807, 2.05) is 6.07 Å². The molecule has 0 aliphatic carbocycles. The van der Waals surface area contributed by atoms with Crippen molar-refractivity contribution in [1.29, 1.82) is 0 Å². The molecular formula is C14H17Cl2N3O2. The smallest absolute Gasteiger partial charge is 0.243 e. The second-order valence-corrected chi connectivity index (χ2v) is 5.55. The van der Waals surface area contributed by atoms with E-state index in [4.69, 9.17) is 38.2 Å². The zero-order valence-electron chi connectivity index (χ0n) is 11.7. The van der Waals surface area contributed by atoms with Crippen molar-refractivity contribution in [3.8, 4) is 0 Å². The molecule has 21 heavy (non-hydrogen) atoms. The molecule has 0 spiro atoms. The van der Waals surface area contributed by atoms with Crippen LogP contribution in [-0.2, 0) is 11.2 Å². The fourth-order valence-electron chi connectivity index (χ4n) is 1.90. The van der Waals surface area contributed by atoms with Crippen LogP contribution in [0.15, 0.2) is 22.7 Å². The van der Waals surface area contributed by atoms with Crippen molar-refractivity contribution >= 4 is 23.2 Å². The molecule has 0 bridgehead atoms. The van der Waals surface area contributed by atoms with Crippen molar-refractivity contribution in [2.24, 2.45) is 5.73 Å². The van der Waals surface area contributed by atoms with Crippen molar-refractivity contribution in [1.82, 2.24) is 10.1 Å². The van der Waals surface area contributed by atoms with Crippen LogP contribution < -0.4 is 5.73 Å². The molecule has 1 aromatic carbocycles. The molecule has 0 aliphatic rings. The highest BCUT2D eigenvalue weighted by Gasteiger charge is 2.15. The van der Waals surface area contributed by atoms with E-state index in [-0.39, 0.29) is 6.04 Å². The van der Waals surface area contributed by atoms with Crippen LogP contribution in [0.25, 0.3) is 0 Å². The zero-order chi connectivity index (χ0) is 15.2. The molecule has 0 fully saturated rings. The molecular weight excluding hydrogens is 313 g/mol. The van der Waals surface area contributed by atoms with Crippen LogP contribution in [0.2, 0.25) is 10.0 Å². The summed E-state index contributed by atoms with van der Waals surface area (Å²) >= 11 is 12.0. The Balaban J connectivity index is 1.99. The summed E-state index contributed by atoms with van der Waals surface area (Å²) in [5.74, 6) is 0.989. The number of methoxy groups -OCH3 is 1. The predicted octanol–water partition coefficient (Wildman–Crippen LogP) is 3.39. The summed E-state index contributed by atoms with van der Waals surface area (Å²) in [5.41, 5.74) is 6.89. The van der Waals surface area contributed by atoms with Gasteiger partial charge in [-0.2, -0.15) is 4.98 Å². The van der Waals surface area contributed by atoms with Crippen molar-refractivity contribution in [3.63, 3.8) is 0 Å². The molecule has 7 heteroatoms. The quantitative estimate of drug-likeness (QED) is 0.788. The number of benzene rings is 1. The van der Waals surface area contributed by atoms with Crippen LogP contribution in [0, 0.1) is 0 Å². The Hall–Kier alpha value is -1.14. The van der Waals surface area contributed by atoms with Crippen LogP contribution in [0.3, 0.4) is 0 Å². The molecule has 0 saturated heterocycles. The topological polar surface area (TPSA) is 74.2 Å². The molecule has 2 rings (SSSR count). The lowest BCUT2D eigenvalue weighted by atomic mass is 10.1. The lowest BCUT2D eigenvalue weighted by Gasteiger charge is -2.05. The van der Waals surface area contributed by atoms with E-state index < -0.39 is 0 Å². The minimum atomic E-state index is -0.276. The Labute approximate surface area is 133 Å². The van der Waals surface area contributed by atoms with Crippen LogP contribution in [-0.4, -0.2) is 23.9 Å². The molecule has 1 atom stereocenters. The van der Waals surface area contributed by atoms with Gasteiger partial charge in [0.2, 0.25) is 5.89 Å². The summed E-state index contributed by atoms with van der Waals surface area (Å²) in [7, 11) is 1.66. The average molecular weight is 330 g/mol. The highest BCUT2D eigenvalue weighted by Crippen LogP contribution is 2.23. The van der Waals surface area contributed by atoms with Crippen molar-refractivity contribution in [2.45, 2.75) is 25.3 Å². The molecule has 2 aromatic rings. The summed E-state index contributed by atoms with van der Waals surface area (Å²) in [6.07, 6.45) is 2.06. The first-order valence-corrected chi connectivity index (χ1v) is 7.36. The number of halogens is 2. The fraction of sp³-hybridized carbons (Fsp3) is 0.429. The van der Waals surface area contributed by atoms with E-state index in [9.17, 15) is 0 Å². The van der Waals surface area contributed by atoms with E-state index in [0.717, 1.165) is 18.4 Å². The highest BCUT2D eigenvalue weighted by molar-refractivity contribution is 6.35. The summed E-state index contributed by atoms with van der Waals surface area (Å²) in [6, 6.07) is 5.04. The maximum Gasteiger partial charge on any atom is 0.243 e. The monoisotopic (exact) mass is 329 g/mol. The third-order valence-corrected chi connectivity index (χ3v) is 3.62. The molecule has 5 nitrogen and oxygen atoms in total. The summed E-state index contributed by atoms with van der Waals surface area (Å²) in [5, 5.41) is 5.11. The SMILES string of the molecule is COCCCC(N)c1nc(Cc2ccc(Cl)cc2Cl)no1. The van der Waals surface area contributed by atoms with Gasteiger partial charge in [0.15, 0.2) is 5.82 Å². The van der Waals surface area contributed by atoms with Gasteiger partial charge in [0.25, 0.3) is 0 Å². The van der Waals surface area contributed by atoms with Crippen LogP contribution in [0.4, 0.5) is 0 Å². The van der Waals surface area contributed by atoms with Gasteiger partial charge < -0.3 is 15.0 Å². The number of nitrogens with zero attached hydrogens (tertiary/aromatic N) is 2. The standard InChI is InChI=1S/C14H17Cl2N3O2/c1-20-6-2-3-12(17)14-18-13(19-21-14)7-9-4-5-10(15)8-11(9)16/h4-5,8,12H,2-3,6-7,17H2,1H3. The number of nitrogens with two attached hydrogens (primary N) is 1. The van der Waals surface area contributed by atoms with Gasteiger partial charge in [-0.3, -0.25) is 0 Å². The van der Waals surface area contributed by atoms with E-state index in [2.05, 4.69) is 10.1 Å². The summed E-state index contributed by atoms with van der Waals surface area (Å²) < 4.78 is 10.2. The normalized spacial score (nSPS) is 12.6. The van der Waals surface area contributed by atoms with Gasteiger partial charge in [-0.1, -0.05) is 34.4 Å². The third-order valence-electron chi connectivity index (χ3n) is 3.03. The second-order valence-electron chi connectivity index (χ2n) is 4.70. The van der Waals surface area contributed by atoms with Gasteiger partial charge >= 0.3 is 0 Å². The molecule has 1 unspecified atom stereocenters. The van der Waals surface area contributed by atoms with Gasteiger partial charge in [-0.15, -0.1) is 0 Å². The molecule has 1 aromatic heterocycles. The molecule has 0 aliphatic heterocycles. The number of hydrogen-bond donors (Lipinski definition) is 1. The van der Waals surface area contributed by atoms with E-state index in [1.165, 1.54) is 0 Å². The van der Waals surface area contributed by atoms with Gasteiger partial charge in [0.1, 0.15) is 0 Å². The van der Waals surface area contributed by atoms with E-state index >= 15 is 0 Å². The Kier molecular flexibility index (Phi) is 5.99. The van der Waals surface area contributed by atoms with Crippen LogP contribution >= 0.6 is 23.2 Å². The number of hydrogen-bond acceptors (Lipinski definition) is 5. The van der Waals surface area contributed by atoms with Gasteiger partial charge in [-0.25, -0.2) is 0 Å². The molecule has 0 saturated carbocycles. The summed E-state index contributed by atoms with van der Waals surface area (Å²) in [6.45, 7) is 0.662. The predicted molar refractivity (Wildman–Crippen MR) is 81.6 cm³/mol. The van der Waals surface area contributed by atoms with E-state index in [0.29, 0.717) is 34.8 Å². The molecule has 0 amide bonds. The third kappa shape index (κ3) is 4.68. The first-order valence-electron chi connectivity index (χ1n) is 6.61. The molecule has 0 radical (unpaired) electrons. The Morgan fingerprint density at radius 1 is 1.38 bits per heavy atom. The minimum Gasteiger partial charge on any atom is -0.385 e. The average Bonchev–Trinajstić information content (AvgIpc) is 2.91. The number of ether oxygens (including phenoxy) is 1. The van der Waals surface area contributed by atoms with Crippen molar-refractivity contribution in [2.75, 3.05) is 13.7 Å². The van der Waals surface area contributed by atoms with E-state index in [1.54, 1.807) is 19.2 Å². The van der Waals surface area contributed by atoms with Crippen LogP contribution in [0.1, 0.15) is 36.2 Å². The zero-order valence-corrected chi connectivity index (χ0v) is 13.2. The lowest BCUT2D eigenvalue weighted by Crippen LogP contribution is -2.11. The van der Waals surface area contributed by atoms with Gasteiger partial charge in [-0.05, 0) is 30.5 Å². The fourth-order valence-corrected chi connectivity index (χ4v) is 2.37. The molecule has 114 valence electrons. The maximum absolute atomic E-state index is 6.12. The first-order chi connectivity index (χ1) is 10.1. The van der Waals surface area contributed by atoms with Crippen molar-refractivity contribution in [3.05, 3.63) is 45.5 Å². The van der Waals surface area contributed by atoms with Crippen molar-refractivity contribution < 1.29 is 9.26 Å². The summed E-state index contributed by atoms with van der Waals surface area (Å²) in [4.78, 5) is 4.31. The maximum atomic E-state index is 6.12. The number of aromatic nitrogens is 2. The van der Waals surface area contributed by atoms with Gasteiger partial charge in [0.05, 0.1) is 6.04 Å². The largest absolute Gasteiger partial charge is 0.385 e. The highest BCUT2D eigenvalue weighted by atomic mass is 35.5. The Morgan fingerprint density at radius 3 is 2.90 bits per heavy atom. The molecule has 1 heterocycles. The van der Waals surface area contributed by atoms with Gasteiger partial charge in [0, 0.05) is 30.2 Å². The molecule has 2 N–H and O–H groups in total. The minimum absolute atomic E-state index is 0.276. The Bertz CT molecular complexity index is 589. The number of rotatable bonds is 7.